The molecule has 4 atom stereocenters. The first kappa shape index (κ1) is 19.3. The first-order chi connectivity index (χ1) is 12.2. The summed E-state index contributed by atoms with van der Waals surface area (Å²) in [4.78, 5) is 12.1. The molecule has 1 aromatic rings. The molecular formula is C18H22ClF3N2O2. The first-order valence-electron chi connectivity index (χ1n) is 8.65. The maximum Gasteiger partial charge on any atom is 0.411 e. The molecule has 2 amide bonds. The lowest BCUT2D eigenvalue weighted by atomic mass is 9.46. The van der Waals surface area contributed by atoms with Crippen molar-refractivity contribution in [3.05, 3.63) is 34.9 Å². The number of hydrogen-bond acceptors (Lipinski definition) is 2. The van der Waals surface area contributed by atoms with Crippen molar-refractivity contribution in [1.82, 2.24) is 10.6 Å². The number of benzene rings is 1. The molecule has 26 heavy (non-hydrogen) atoms. The largest absolute Gasteiger partial charge is 0.411 e. The molecule has 0 aliphatic heterocycles. The van der Waals surface area contributed by atoms with Gasteiger partial charge in [0.1, 0.15) is 12.7 Å². The van der Waals surface area contributed by atoms with Crippen LogP contribution < -0.4 is 10.6 Å². The van der Waals surface area contributed by atoms with Crippen LogP contribution in [-0.2, 0) is 4.74 Å². The molecule has 144 valence electrons. The summed E-state index contributed by atoms with van der Waals surface area (Å²) < 4.78 is 42.5. The summed E-state index contributed by atoms with van der Waals surface area (Å²) >= 11 is 5.91. The van der Waals surface area contributed by atoms with E-state index in [2.05, 4.69) is 17.6 Å². The number of urea groups is 1. The number of alkyl halides is 3. The maximum absolute atomic E-state index is 12.5. The Morgan fingerprint density at radius 1 is 1.46 bits per heavy atom. The second-order valence-electron chi connectivity index (χ2n) is 7.35. The van der Waals surface area contributed by atoms with Crippen LogP contribution >= 0.6 is 11.6 Å². The summed E-state index contributed by atoms with van der Waals surface area (Å²) in [6.45, 7) is 0.696. The Balaban J connectivity index is 1.55. The maximum atomic E-state index is 12.5. The molecule has 2 N–H and O–H groups in total. The highest BCUT2D eigenvalue weighted by Gasteiger charge is 2.57. The quantitative estimate of drug-likeness (QED) is 0.754. The van der Waals surface area contributed by atoms with E-state index >= 15 is 0 Å². The van der Waals surface area contributed by atoms with Gasteiger partial charge in [-0.1, -0.05) is 30.7 Å². The van der Waals surface area contributed by atoms with Crippen LogP contribution in [0.5, 0.6) is 0 Å². The van der Waals surface area contributed by atoms with E-state index in [1.54, 1.807) is 18.2 Å². The van der Waals surface area contributed by atoms with Gasteiger partial charge in [0, 0.05) is 17.6 Å². The smallest absolute Gasteiger partial charge is 0.362 e. The van der Waals surface area contributed by atoms with Crippen LogP contribution in [0.2, 0.25) is 5.02 Å². The number of nitrogens with one attached hydrogen (secondary N) is 2. The Kier molecular flexibility index (Phi) is 5.40. The Hall–Kier alpha value is -1.47. The van der Waals surface area contributed by atoms with E-state index in [-0.39, 0.29) is 24.0 Å². The van der Waals surface area contributed by atoms with Crippen molar-refractivity contribution in [1.29, 1.82) is 0 Å². The highest BCUT2D eigenvalue weighted by Crippen LogP contribution is 2.60. The van der Waals surface area contributed by atoms with Crippen molar-refractivity contribution in [2.75, 3.05) is 13.2 Å². The molecule has 2 aliphatic carbocycles. The van der Waals surface area contributed by atoms with Crippen LogP contribution in [0.25, 0.3) is 0 Å². The highest BCUT2D eigenvalue weighted by atomic mass is 35.5. The van der Waals surface area contributed by atoms with Gasteiger partial charge < -0.3 is 15.4 Å². The molecule has 2 saturated carbocycles. The van der Waals surface area contributed by atoms with Gasteiger partial charge in [0.15, 0.2) is 0 Å². The van der Waals surface area contributed by atoms with Crippen molar-refractivity contribution < 1.29 is 22.7 Å². The lowest BCUT2D eigenvalue weighted by molar-refractivity contribution is -0.185. The zero-order chi connectivity index (χ0) is 18.9. The average Bonchev–Trinajstić information content (AvgIpc) is 2.56. The van der Waals surface area contributed by atoms with Gasteiger partial charge >= 0.3 is 12.2 Å². The molecular weight excluding hydrogens is 369 g/mol. The molecule has 0 heterocycles. The van der Waals surface area contributed by atoms with E-state index in [1.165, 1.54) is 12.5 Å². The van der Waals surface area contributed by atoms with E-state index in [9.17, 15) is 18.0 Å². The summed E-state index contributed by atoms with van der Waals surface area (Å²) in [5, 5.41) is 5.95. The Morgan fingerprint density at radius 3 is 2.77 bits per heavy atom. The predicted octanol–water partition coefficient (Wildman–Crippen LogP) is 4.45. The van der Waals surface area contributed by atoms with Gasteiger partial charge in [0.25, 0.3) is 0 Å². The van der Waals surface area contributed by atoms with E-state index in [1.807, 2.05) is 0 Å². The first-order valence-corrected chi connectivity index (χ1v) is 9.03. The lowest BCUT2D eigenvalue weighted by Crippen LogP contribution is -2.65. The molecule has 0 saturated heterocycles. The topological polar surface area (TPSA) is 50.4 Å². The van der Waals surface area contributed by atoms with Gasteiger partial charge in [-0.25, -0.2) is 4.79 Å². The Morgan fingerprint density at radius 2 is 2.23 bits per heavy atom. The fourth-order valence-electron chi connectivity index (χ4n) is 3.84. The van der Waals surface area contributed by atoms with Gasteiger partial charge in [-0.05, 0) is 48.3 Å². The van der Waals surface area contributed by atoms with Gasteiger partial charge in [-0.15, -0.1) is 0 Å². The number of fused-ring (bicyclic) bond motifs is 1. The van der Waals surface area contributed by atoms with Gasteiger partial charge in [-0.2, -0.15) is 13.2 Å². The molecule has 1 aromatic carbocycles. The van der Waals surface area contributed by atoms with Crippen LogP contribution in [0.15, 0.2) is 24.3 Å². The van der Waals surface area contributed by atoms with Crippen LogP contribution in [-0.4, -0.2) is 31.4 Å². The van der Waals surface area contributed by atoms with Crippen molar-refractivity contribution in [3.8, 4) is 0 Å². The predicted molar refractivity (Wildman–Crippen MR) is 92.0 cm³/mol. The van der Waals surface area contributed by atoms with Gasteiger partial charge in [0.05, 0.1) is 0 Å². The van der Waals surface area contributed by atoms with Crippen molar-refractivity contribution >= 4 is 17.6 Å². The van der Waals surface area contributed by atoms with Crippen LogP contribution in [0.3, 0.4) is 0 Å². The molecule has 0 aromatic heterocycles. The summed E-state index contributed by atoms with van der Waals surface area (Å²) in [5.74, 6) is 0.683. The van der Waals surface area contributed by atoms with Gasteiger partial charge in [-0.3, -0.25) is 0 Å². The number of rotatable bonds is 6. The minimum atomic E-state index is -4.45. The summed E-state index contributed by atoms with van der Waals surface area (Å²) in [7, 11) is 0. The average molecular weight is 391 g/mol. The summed E-state index contributed by atoms with van der Waals surface area (Å²) in [6, 6.07) is 6.16. The number of halogens is 4. The van der Waals surface area contributed by atoms with E-state index in [4.69, 9.17) is 16.3 Å². The van der Waals surface area contributed by atoms with Gasteiger partial charge in [0.2, 0.25) is 0 Å². The number of carbonyl (C=O) groups is 1. The molecule has 2 fully saturated rings. The molecule has 8 heteroatoms. The van der Waals surface area contributed by atoms with Crippen molar-refractivity contribution in [2.45, 2.75) is 44.5 Å². The normalized spacial score (nSPS) is 28.3. The molecule has 3 rings (SSSR count). The second kappa shape index (κ2) is 7.27. The third-order valence-corrected chi connectivity index (χ3v) is 5.94. The molecule has 0 spiro atoms. The molecule has 3 unspecified atom stereocenters. The Bertz CT molecular complexity index is 670. The number of carbonyl (C=O) groups excluding carboxylic acids is 1. The third kappa shape index (κ3) is 4.26. The summed E-state index contributed by atoms with van der Waals surface area (Å²) in [6.07, 6.45) is -2.11. The zero-order valence-electron chi connectivity index (χ0n) is 14.4. The molecule has 2 aliphatic rings. The Labute approximate surface area is 155 Å². The number of hydrogen-bond donors (Lipinski definition) is 2. The highest BCUT2D eigenvalue weighted by molar-refractivity contribution is 6.30. The number of ether oxygens (including phenoxy) is 1. The standard InChI is InChI=1S/C18H22ClF3N2O2/c1-17-6-5-12(17)8-15(17)24-16(25)23-9-14(26-10-18(20,21)22)11-3-2-4-13(19)7-11/h2-4,7,12,14-15H,5-6,8-10H2,1H3,(H2,23,24,25)/t12?,14?,15?,17-/m1/s1. The SMILES string of the molecule is C[C@@]12CCC1CC2NC(=O)NCC(OCC(F)(F)F)c1cccc(Cl)c1. The van der Waals surface area contributed by atoms with E-state index in [0.717, 1.165) is 12.8 Å². The van der Waals surface area contributed by atoms with Crippen LogP contribution in [0.4, 0.5) is 18.0 Å². The molecule has 0 radical (unpaired) electrons. The second-order valence-corrected chi connectivity index (χ2v) is 7.79. The number of amides is 2. The molecule has 4 nitrogen and oxygen atoms in total. The van der Waals surface area contributed by atoms with E-state index < -0.39 is 18.9 Å². The molecule has 0 bridgehead atoms. The van der Waals surface area contributed by atoms with Crippen LogP contribution in [0.1, 0.15) is 37.9 Å². The fourth-order valence-corrected chi connectivity index (χ4v) is 4.04. The zero-order valence-corrected chi connectivity index (χ0v) is 15.2. The van der Waals surface area contributed by atoms with Crippen LogP contribution in [0, 0.1) is 11.3 Å². The minimum Gasteiger partial charge on any atom is -0.362 e. The van der Waals surface area contributed by atoms with Crippen molar-refractivity contribution in [3.63, 3.8) is 0 Å². The minimum absolute atomic E-state index is 0.0743. The van der Waals surface area contributed by atoms with E-state index in [0.29, 0.717) is 16.5 Å². The summed E-state index contributed by atoms with van der Waals surface area (Å²) in [5.41, 5.74) is 0.660. The van der Waals surface area contributed by atoms with Crippen molar-refractivity contribution in [2.24, 2.45) is 11.3 Å². The lowest BCUT2D eigenvalue weighted by Gasteiger charge is -2.62. The fraction of sp³-hybridized carbons (Fsp3) is 0.611. The third-order valence-electron chi connectivity index (χ3n) is 5.70. The monoisotopic (exact) mass is 390 g/mol.